The summed E-state index contributed by atoms with van der Waals surface area (Å²) in [7, 11) is 1.53. The largest absolute Gasteiger partial charge is 0.357 e. The topological polar surface area (TPSA) is 108 Å². The molecule has 0 aliphatic carbocycles. The number of hydrogen-bond acceptors (Lipinski definition) is 5. The zero-order chi connectivity index (χ0) is 19.3. The Kier molecular flexibility index (Phi) is 7.15. The average molecular weight is 445 g/mol. The first kappa shape index (κ1) is 20.4. The highest BCUT2D eigenvalue weighted by molar-refractivity contribution is 9.11. The second-order valence-electron chi connectivity index (χ2n) is 5.88. The van der Waals surface area contributed by atoms with E-state index >= 15 is 0 Å². The molecule has 142 valence electrons. The molecule has 2 heterocycles. The Bertz CT molecular complexity index is 708. The van der Waals surface area contributed by atoms with Crippen LogP contribution in [0.15, 0.2) is 15.9 Å². The van der Waals surface area contributed by atoms with Gasteiger partial charge in [0.25, 0.3) is 5.91 Å². The van der Waals surface area contributed by atoms with Gasteiger partial charge in [0.15, 0.2) is 0 Å². The summed E-state index contributed by atoms with van der Waals surface area (Å²) < 4.78 is 0.821. The van der Waals surface area contributed by atoms with Gasteiger partial charge in [-0.05, 0) is 47.8 Å². The highest BCUT2D eigenvalue weighted by Gasteiger charge is 2.33. The lowest BCUT2D eigenvalue weighted by molar-refractivity contribution is -0.138. The Balaban J connectivity index is 1.82. The van der Waals surface area contributed by atoms with Crippen molar-refractivity contribution in [3.05, 3.63) is 20.8 Å². The molecular formula is C16H21BrN4O4S. The fourth-order valence-corrected chi connectivity index (χ4v) is 3.98. The Morgan fingerprint density at radius 2 is 2.08 bits per heavy atom. The summed E-state index contributed by atoms with van der Waals surface area (Å²) in [6, 6.07) is 2.13. The van der Waals surface area contributed by atoms with Crippen LogP contribution in [0.2, 0.25) is 0 Å². The van der Waals surface area contributed by atoms with Gasteiger partial charge >= 0.3 is 0 Å². The molecule has 1 aromatic rings. The monoisotopic (exact) mass is 444 g/mol. The third kappa shape index (κ3) is 5.04. The number of carbonyl (C=O) groups excluding carboxylic acids is 4. The van der Waals surface area contributed by atoms with Crippen LogP contribution in [-0.4, -0.2) is 60.7 Å². The van der Waals surface area contributed by atoms with Gasteiger partial charge in [0.1, 0.15) is 12.1 Å². The number of hydrogen-bond donors (Lipinski definition) is 3. The van der Waals surface area contributed by atoms with Crippen LogP contribution in [0.4, 0.5) is 0 Å². The average Bonchev–Trinajstić information content (AvgIpc) is 3.27. The Morgan fingerprint density at radius 3 is 2.69 bits per heavy atom. The van der Waals surface area contributed by atoms with E-state index in [-0.39, 0.29) is 24.3 Å². The first-order chi connectivity index (χ1) is 12.3. The number of halogens is 1. The maximum Gasteiger partial charge on any atom is 0.262 e. The van der Waals surface area contributed by atoms with Gasteiger partial charge < -0.3 is 20.9 Å². The minimum absolute atomic E-state index is 0.204. The maximum atomic E-state index is 12.3. The Labute approximate surface area is 163 Å². The van der Waals surface area contributed by atoms with Crippen molar-refractivity contribution < 1.29 is 19.2 Å². The van der Waals surface area contributed by atoms with E-state index in [1.54, 1.807) is 19.1 Å². The SMILES string of the molecule is CNC(=O)C1CCCN1C(=O)CNC(=O)C(C)NC(=O)c1ccc(Br)s1. The van der Waals surface area contributed by atoms with Crippen LogP contribution in [0.25, 0.3) is 0 Å². The summed E-state index contributed by atoms with van der Waals surface area (Å²) in [4.78, 5) is 50.2. The molecule has 8 nitrogen and oxygen atoms in total. The number of likely N-dealkylation sites (N-methyl/N-ethyl adjacent to an activating group) is 1. The predicted octanol–water partition coefficient (Wildman–Crippen LogP) is 0.482. The molecule has 2 rings (SSSR count). The van der Waals surface area contributed by atoms with E-state index in [1.807, 2.05) is 0 Å². The van der Waals surface area contributed by atoms with Crippen molar-refractivity contribution in [1.82, 2.24) is 20.9 Å². The van der Waals surface area contributed by atoms with Gasteiger partial charge in [-0.2, -0.15) is 0 Å². The van der Waals surface area contributed by atoms with Gasteiger partial charge in [0, 0.05) is 13.6 Å². The van der Waals surface area contributed by atoms with Crippen LogP contribution in [0.5, 0.6) is 0 Å². The normalized spacial score (nSPS) is 17.5. The summed E-state index contributed by atoms with van der Waals surface area (Å²) in [5, 5.41) is 7.65. The van der Waals surface area contributed by atoms with Crippen molar-refractivity contribution in [2.24, 2.45) is 0 Å². The van der Waals surface area contributed by atoms with Crippen LogP contribution >= 0.6 is 27.3 Å². The smallest absolute Gasteiger partial charge is 0.262 e. The number of carbonyl (C=O) groups is 4. The summed E-state index contributed by atoms with van der Waals surface area (Å²) in [6.07, 6.45) is 1.36. The van der Waals surface area contributed by atoms with Crippen molar-refractivity contribution in [1.29, 1.82) is 0 Å². The molecule has 0 radical (unpaired) electrons. The van der Waals surface area contributed by atoms with Crippen LogP contribution < -0.4 is 16.0 Å². The van der Waals surface area contributed by atoms with E-state index in [0.29, 0.717) is 17.8 Å². The van der Waals surface area contributed by atoms with Gasteiger partial charge in [-0.3, -0.25) is 19.2 Å². The van der Waals surface area contributed by atoms with E-state index < -0.39 is 18.0 Å². The Morgan fingerprint density at radius 1 is 1.35 bits per heavy atom. The minimum atomic E-state index is -0.788. The summed E-state index contributed by atoms with van der Waals surface area (Å²) >= 11 is 4.54. The third-order valence-electron chi connectivity index (χ3n) is 4.07. The molecule has 2 atom stereocenters. The number of amides is 4. The zero-order valence-electron chi connectivity index (χ0n) is 14.5. The molecule has 2 unspecified atom stereocenters. The van der Waals surface area contributed by atoms with Crippen LogP contribution in [-0.2, 0) is 14.4 Å². The summed E-state index contributed by atoms with van der Waals surface area (Å²) in [5.74, 6) is -1.33. The second-order valence-corrected chi connectivity index (χ2v) is 8.34. The summed E-state index contributed by atoms with van der Waals surface area (Å²) in [5.41, 5.74) is 0. The van der Waals surface area contributed by atoms with E-state index in [0.717, 1.165) is 10.2 Å². The number of rotatable bonds is 6. The molecule has 1 saturated heterocycles. The van der Waals surface area contributed by atoms with Gasteiger partial charge in [-0.25, -0.2) is 0 Å². The molecule has 0 bridgehead atoms. The molecule has 10 heteroatoms. The fourth-order valence-electron chi connectivity index (χ4n) is 2.69. The van der Waals surface area contributed by atoms with Crippen LogP contribution in [0, 0.1) is 0 Å². The molecule has 3 N–H and O–H groups in total. The van der Waals surface area contributed by atoms with E-state index in [4.69, 9.17) is 0 Å². The number of nitrogens with zero attached hydrogens (tertiary/aromatic N) is 1. The number of likely N-dealkylation sites (tertiary alicyclic amines) is 1. The lowest BCUT2D eigenvalue weighted by atomic mass is 10.2. The molecule has 0 aromatic carbocycles. The van der Waals surface area contributed by atoms with Crippen molar-refractivity contribution in [2.75, 3.05) is 20.1 Å². The van der Waals surface area contributed by atoms with E-state index in [9.17, 15) is 19.2 Å². The molecule has 1 aromatic heterocycles. The van der Waals surface area contributed by atoms with Crippen LogP contribution in [0.1, 0.15) is 29.4 Å². The maximum absolute atomic E-state index is 12.3. The molecule has 1 aliphatic rings. The molecular weight excluding hydrogens is 424 g/mol. The molecule has 26 heavy (non-hydrogen) atoms. The van der Waals surface area contributed by atoms with Gasteiger partial charge in [0.05, 0.1) is 15.2 Å². The lowest BCUT2D eigenvalue weighted by Crippen LogP contribution is -2.51. The van der Waals surface area contributed by atoms with Gasteiger partial charge in [0.2, 0.25) is 17.7 Å². The second kappa shape index (κ2) is 9.13. The minimum Gasteiger partial charge on any atom is -0.357 e. The quantitative estimate of drug-likeness (QED) is 0.592. The van der Waals surface area contributed by atoms with Crippen molar-refractivity contribution >= 4 is 50.9 Å². The standard InChI is InChI=1S/C16H21BrN4O4S/c1-9(20-16(25)11-5-6-12(17)26-11)14(23)19-8-13(22)21-7-3-4-10(21)15(24)18-2/h5-6,9-10H,3-4,7-8H2,1-2H3,(H,18,24)(H,19,23)(H,20,25). The van der Waals surface area contributed by atoms with Gasteiger partial charge in [-0.15, -0.1) is 11.3 Å². The molecule has 4 amide bonds. The fraction of sp³-hybridized carbons (Fsp3) is 0.500. The van der Waals surface area contributed by atoms with Crippen molar-refractivity contribution in [3.8, 4) is 0 Å². The first-order valence-electron chi connectivity index (χ1n) is 8.18. The van der Waals surface area contributed by atoms with Crippen LogP contribution in [0.3, 0.4) is 0 Å². The molecule has 0 spiro atoms. The lowest BCUT2D eigenvalue weighted by Gasteiger charge is -2.23. The molecule has 1 aliphatic heterocycles. The number of thiophene rings is 1. The van der Waals surface area contributed by atoms with E-state index in [1.165, 1.54) is 23.3 Å². The number of nitrogens with one attached hydrogen (secondary N) is 3. The van der Waals surface area contributed by atoms with Gasteiger partial charge in [-0.1, -0.05) is 0 Å². The van der Waals surface area contributed by atoms with Crippen molar-refractivity contribution in [3.63, 3.8) is 0 Å². The highest BCUT2D eigenvalue weighted by Crippen LogP contribution is 2.22. The zero-order valence-corrected chi connectivity index (χ0v) is 16.9. The van der Waals surface area contributed by atoms with Crippen molar-refractivity contribution in [2.45, 2.75) is 31.8 Å². The highest BCUT2D eigenvalue weighted by atomic mass is 79.9. The Hall–Kier alpha value is -1.94. The predicted molar refractivity (Wildman–Crippen MR) is 101 cm³/mol. The van der Waals surface area contributed by atoms with E-state index in [2.05, 4.69) is 31.9 Å². The summed E-state index contributed by atoms with van der Waals surface area (Å²) in [6.45, 7) is 1.83. The third-order valence-corrected chi connectivity index (χ3v) is 5.70. The molecule has 0 saturated carbocycles. The molecule has 1 fully saturated rings. The first-order valence-corrected chi connectivity index (χ1v) is 9.79.